The smallest absolute Gasteiger partial charge is 0.226 e. The highest BCUT2D eigenvalue weighted by Gasteiger charge is 2.39. The van der Waals surface area contributed by atoms with Gasteiger partial charge in [0.15, 0.2) is 5.78 Å². The Morgan fingerprint density at radius 2 is 2.15 bits per heavy atom. The maximum atomic E-state index is 13.1. The number of rotatable bonds is 2. The number of Topliss-reactive ketones (excluding diaryl/α,β-unsaturated/α-hetero) is 1. The third kappa shape index (κ3) is 2.48. The zero-order chi connectivity index (χ0) is 17.7. The van der Waals surface area contributed by atoms with E-state index in [1.807, 2.05) is 30.3 Å². The van der Waals surface area contributed by atoms with Crippen molar-refractivity contribution in [2.45, 2.75) is 24.8 Å². The number of anilines is 1. The van der Waals surface area contributed by atoms with Crippen LogP contribution < -0.4 is 5.32 Å². The van der Waals surface area contributed by atoms with Crippen molar-refractivity contribution in [1.29, 1.82) is 0 Å². The molecule has 0 saturated heterocycles. The van der Waals surface area contributed by atoms with Crippen LogP contribution in [0.25, 0.3) is 0 Å². The molecule has 3 heterocycles. The number of hydrogen-bond donors (Lipinski definition) is 1. The molecule has 130 valence electrons. The van der Waals surface area contributed by atoms with Gasteiger partial charge in [-0.15, -0.1) is 11.3 Å². The number of ketones is 1. The van der Waals surface area contributed by atoms with E-state index in [9.17, 15) is 4.79 Å². The van der Waals surface area contributed by atoms with Gasteiger partial charge in [-0.2, -0.15) is 10.1 Å². The molecule has 2 atom stereocenters. The molecule has 1 aliphatic heterocycles. The summed E-state index contributed by atoms with van der Waals surface area (Å²) in [4.78, 5) is 18.7. The molecule has 26 heavy (non-hydrogen) atoms. The van der Waals surface area contributed by atoms with E-state index in [0.29, 0.717) is 17.4 Å². The van der Waals surface area contributed by atoms with Gasteiger partial charge in [-0.3, -0.25) is 4.79 Å². The Morgan fingerprint density at radius 1 is 1.23 bits per heavy atom. The summed E-state index contributed by atoms with van der Waals surface area (Å²) < 4.78 is 1.77. The van der Waals surface area contributed by atoms with Gasteiger partial charge in [0, 0.05) is 33.5 Å². The average molecular weight is 383 g/mol. The normalized spacial score (nSPS) is 22.0. The fourth-order valence-electron chi connectivity index (χ4n) is 3.86. The van der Waals surface area contributed by atoms with Crippen molar-refractivity contribution in [3.63, 3.8) is 0 Å². The maximum absolute atomic E-state index is 13.1. The molecule has 1 N–H and O–H groups in total. The van der Waals surface area contributed by atoms with E-state index in [1.54, 1.807) is 16.0 Å². The standard InChI is InChI=1S/C19H15ClN4OS/c20-13-4-1-3-11(7-13)18-17-14(23-19-21-10-22-24(18)19)8-12(9-15(17)25)16-5-2-6-26-16/h1-7,10,12,18H,8-9H2,(H,21,22,23)/t12-,18+/m0/s1. The van der Waals surface area contributed by atoms with Gasteiger partial charge in [-0.25, -0.2) is 4.68 Å². The molecule has 1 aromatic carbocycles. The molecule has 1 aliphatic carbocycles. The number of carbonyl (C=O) groups is 1. The number of thiophene rings is 1. The third-order valence-electron chi connectivity index (χ3n) is 4.97. The highest BCUT2D eigenvalue weighted by molar-refractivity contribution is 7.10. The van der Waals surface area contributed by atoms with Crippen LogP contribution in [0.3, 0.4) is 0 Å². The summed E-state index contributed by atoms with van der Waals surface area (Å²) in [5, 5.41) is 10.4. The zero-order valence-corrected chi connectivity index (χ0v) is 15.3. The lowest BCUT2D eigenvalue weighted by molar-refractivity contribution is -0.116. The predicted molar refractivity (Wildman–Crippen MR) is 102 cm³/mol. The van der Waals surface area contributed by atoms with Crippen molar-refractivity contribution in [3.05, 3.63) is 74.8 Å². The molecule has 0 spiro atoms. The molecular weight excluding hydrogens is 368 g/mol. The highest BCUT2D eigenvalue weighted by atomic mass is 35.5. The number of carbonyl (C=O) groups excluding carboxylic acids is 1. The van der Waals surface area contributed by atoms with Gasteiger partial charge in [0.1, 0.15) is 12.4 Å². The van der Waals surface area contributed by atoms with Gasteiger partial charge in [0.2, 0.25) is 5.95 Å². The SMILES string of the molecule is O=C1C[C@@H](c2cccs2)CC2=C1[C@@H](c1cccc(Cl)c1)n1ncnc1N2. The van der Waals surface area contributed by atoms with Crippen molar-refractivity contribution < 1.29 is 4.79 Å². The summed E-state index contributed by atoms with van der Waals surface area (Å²) in [6.07, 6.45) is 2.83. The molecule has 0 amide bonds. The van der Waals surface area contributed by atoms with Crippen LogP contribution in [0.1, 0.15) is 35.2 Å². The first kappa shape index (κ1) is 15.8. The van der Waals surface area contributed by atoms with E-state index in [2.05, 4.69) is 26.8 Å². The Kier molecular flexibility index (Phi) is 3.69. The number of fused-ring (bicyclic) bond motifs is 1. The molecule has 2 aromatic heterocycles. The number of nitrogens with zero attached hydrogens (tertiary/aromatic N) is 3. The van der Waals surface area contributed by atoms with E-state index < -0.39 is 0 Å². The number of benzene rings is 1. The van der Waals surface area contributed by atoms with Crippen LogP contribution in [0.2, 0.25) is 5.02 Å². The van der Waals surface area contributed by atoms with Crippen molar-refractivity contribution in [1.82, 2.24) is 14.8 Å². The lowest BCUT2D eigenvalue weighted by atomic mass is 9.80. The molecule has 2 aliphatic rings. The second kappa shape index (κ2) is 6.07. The largest absolute Gasteiger partial charge is 0.328 e. The van der Waals surface area contributed by atoms with Crippen LogP contribution >= 0.6 is 22.9 Å². The number of halogens is 1. The van der Waals surface area contributed by atoms with E-state index in [0.717, 1.165) is 23.3 Å². The summed E-state index contributed by atoms with van der Waals surface area (Å²) in [7, 11) is 0. The van der Waals surface area contributed by atoms with Gasteiger partial charge >= 0.3 is 0 Å². The Hall–Kier alpha value is -2.44. The number of nitrogens with one attached hydrogen (secondary N) is 1. The summed E-state index contributed by atoms with van der Waals surface area (Å²) in [6.45, 7) is 0. The van der Waals surface area contributed by atoms with Crippen molar-refractivity contribution >= 4 is 34.7 Å². The summed E-state index contributed by atoms with van der Waals surface area (Å²) in [6, 6.07) is 11.5. The average Bonchev–Trinajstić information content (AvgIpc) is 3.31. The van der Waals surface area contributed by atoms with Crippen LogP contribution in [0, 0.1) is 0 Å². The minimum absolute atomic E-state index is 0.156. The Bertz CT molecular complexity index is 1020. The van der Waals surface area contributed by atoms with E-state index in [1.165, 1.54) is 11.2 Å². The van der Waals surface area contributed by atoms with Gasteiger partial charge < -0.3 is 5.32 Å². The maximum Gasteiger partial charge on any atom is 0.226 e. The minimum Gasteiger partial charge on any atom is -0.328 e. The van der Waals surface area contributed by atoms with E-state index in [-0.39, 0.29) is 17.7 Å². The fourth-order valence-corrected chi connectivity index (χ4v) is 4.89. The Labute approximate surface area is 159 Å². The predicted octanol–water partition coefficient (Wildman–Crippen LogP) is 4.41. The second-order valence-electron chi connectivity index (χ2n) is 6.55. The molecule has 3 aromatic rings. The first-order chi connectivity index (χ1) is 12.7. The Balaban J connectivity index is 1.63. The van der Waals surface area contributed by atoms with Gasteiger partial charge in [-0.05, 0) is 35.6 Å². The van der Waals surface area contributed by atoms with Gasteiger partial charge in [0.25, 0.3) is 0 Å². The summed E-state index contributed by atoms with van der Waals surface area (Å²) in [5.74, 6) is 1.03. The summed E-state index contributed by atoms with van der Waals surface area (Å²) >= 11 is 7.91. The Morgan fingerprint density at radius 3 is 2.96 bits per heavy atom. The molecule has 0 bridgehead atoms. The van der Waals surface area contributed by atoms with Crippen molar-refractivity contribution in [3.8, 4) is 0 Å². The highest BCUT2D eigenvalue weighted by Crippen LogP contribution is 2.44. The molecular formula is C19H15ClN4OS. The van der Waals surface area contributed by atoms with Gasteiger partial charge in [0.05, 0.1) is 0 Å². The van der Waals surface area contributed by atoms with Crippen LogP contribution in [0.5, 0.6) is 0 Å². The van der Waals surface area contributed by atoms with E-state index >= 15 is 0 Å². The van der Waals surface area contributed by atoms with Crippen LogP contribution in [0.4, 0.5) is 5.95 Å². The first-order valence-corrected chi connectivity index (χ1v) is 9.68. The van der Waals surface area contributed by atoms with Crippen LogP contribution in [0.15, 0.2) is 59.4 Å². The summed E-state index contributed by atoms with van der Waals surface area (Å²) in [5.41, 5.74) is 2.67. The number of hydrogen-bond acceptors (Lipinski definition) is 5. The number of aromatic nitrogens is 3. The lowest BCUT2D eigenvalue weighted by Crippen LogP contribution is -2.33. The number of allylic oxidation sites excluding steroid dienone is 2. The molecule has 0 unspecified atom stereocenters. The van der Waals surface area contributed by atoms with Crippen molar-refractivity contribution in [2.24, 2.45) is 0 Å². The molecule has 0 radical (unpaired) electrons. The molecule has 5 rings (SSSR count). The third-order valence-corrected chi connectivity index (χ3v) is 6.24. The zero-order valence-electron chi connectivity index (χ0n) is 13.7. The topological polar surface area (TPSA) is 59.8 Å². The van der Waals surface area contributed by atoms with E-state index in [4.69, 9.17) is 11.6 Å². The van der Waals surface area contributed by atoms with Gasteiger partial charge in [-0.1, -0.05) is 29.8 Å². The second-order valence-corrected chi connectivity index (χ2v) is 7.96. The minimum atomic E-state index is -0.292. The van der Waals surface area contributed by atoms with Crippen LogP contribution in [-0.2, 0) is 4.79 Å². The van der Waals surface area contributed by atoms with Crippen molar-refractivity contribution in [2.75, 3.05) is 5.32 Å². The molecule has 7 heteroatoms. The molecule has 0 fully saturated rings. The molecule has 5 nitrogen and oxygen atoms in total. The lowest BCUT2D eigenvalue weighted by Gasteiger charge is -2.34. The molecule has 0 saturated carbocycles. The first-order valence-electron chi connectivity index (χ1n) is 8.42. The van der Waals surface area contributed by atoms with Crippen LogP contribution in [-0.4, -0.2) is 20.5 Å². The quantitative estimate of drug-likeness (QED) is 0.713. The monoisotopic (exact) mass is 382 g/mol. The fraction of sp³-hybridized carbons (Fsp3) is 0.211.